The summed E-state index contributed by atoms with van der Waals surface area (Å²) in [7, 11) is 0. The molecule has 0 saturated carbocycles. The summed E-state index contributed by atoms with van der Waals surface area (Å²) in [6.07, 6.45) is 0.368. The first-order valence-corrected chi connectivity index (χ1v) is 6.57. The molecule has 1 aliphatic rings. The maximum Gasteiger partial charge on any atom is 0.407 e. The van der Waals surface area contributed by atoms with E-state index in [1.807, 2.05) is 25.7 Å². The van der Waals surface area contributed by atoms with Gasteiger partial charge < -0.3 is 15.0 Å². The standard InChI is InChI=1S/C13H19FN4O2/c1-13(2,3)20-12(19)15-9-6-7-18(8-9)11-5-4-10(14)16-17-11/h4-5,9H,6-8H2,1-3H3,(H,15,19)/t9-/m1/s1. The highest BCUT2D eigenvalue weighted by molar-refractivity contribution is 5.68. The second kappa shape index (κ2) is 5.60. The van der Waals surface area contributed by atoms with Crippen molar-refractivity contribution >= 4 is 11.9 Å². The summed E-state index contributed by atoms with van der Waals surface area (Å²) >= 11 is 0. The molecule has 6 nitrogen and oxygen atoms in total. The minimum atomic E-state index is -0.601. The quantitative estimate of drug-likeness (QED) is 0.894. The molecule has 1 aliphatic heterocycles. The van der Waals surface area contributed by atoms with E-state index in [4.69, 9.17) is 4.74 Å². The van der Waals surface area contributed by atoms with Gasteiger partial charge in [-0.3, -0.25) is 0 Å². The second-order valence-corrected chi connectivity index (χ2v) is 5.79. The van der Waals surface area contributed by atoms with Crippen molar-refractivity contribution in [2.45, 2.75) is 38.8 Å². The lowest BCUT2D eigenvalue weighted by Gasteiger charge is -2.22. The molecule has 0 unspecified atom stereocenters. The summed E-state index contributed by atoms with van der Waals surface area (Å²) in [5, 5.41) is 10.00. The molecule has 0 aromatic carbocycles. The van der Waals surface area contributed by atoms with Gasteiger partial charge in [0.25, 0.3) is 0 Å². The van der Waals surface area contributed by atoms with Crippen molar-refractivity contribution in [3.8, 4) is 0 Å². The predicted octanol–water partition coefficient (Wildman–Crippen LogP) is 1.72. The van der Waals surface area contributed by atoms with Crippen LogP contribution >= 0.6 is 0 Å². The third-order valence-corrected chi connectivity index (χ3v) is 2.85. The third-order valence-electron chi connectivity index (χ3n) is 2.85. The fraction of sp³-hybridized carbons (Fsp3) is 0.615. The minimum Gasteiger partial charge on any atom is -0.444 e. The second-order valence-electron chi connectivity index (χ2n) is 5.79. The number of nitrogens with one attached hydrogen (secondary N) is 1. The van der Waals surface area contributed by atoms with Crippen LogP contribution in [0.3, 0.4) is 0 Å². The van der Waals surface area contributed by atoms with E-state index < -0.39 is 17.6 Å². The molecule has 1 saturated heterocycles. The molecule has 20 heavy (non-hydrogen) atoms. The number of anilines is 1. The van der Waals surface area contributed by atoms with Gasteiger partial charge in [-0.2, -0.15) is 4.39 Å². The maximum absolute atomic E-state index is 12.7. The molecule has 0 aliphatic carbocycles. The zero-order valence-corrected chi connectivity index (χ0v) is 11.9. The Morgan fingerprint density at radius 2 is 2.20 bits per heavy atom. The van der Waals surface area contributed by atoms with Crippen LogP contribution in [0.2, 0.25) is 0 Å². The number of carbonyl (C=O) groups excluding carboxylic acids is 1. The van der Waals surface area contributed by atoms with Crippen LogP contribution in [0.4, 0.5) is 15.0 Å². The summed E-state index contributed by atoms with van der Waals surface area (Å²) in [4.78, 5) is 13.6. The number of amides is 1. The number of hydrogen-bond donors (Lipinski definition) is 1. The Morgan fingerprint density at radius 3 is 2.80 bits per heavy atom. The van der Waals surface area contributed by atoms with Crippen molar-refractivity contribution in [3.05, 3.63) is 18.1 Å². The molecule has 7 heteroatoms. The molecule has 1 fully saturated rings. The van der Waals surface area contributed by atoms with E-state index in [0.717, 1.165) is 13.0 Å². The summed E-state index contributed by atoms with van der Waals surface area (Å²) < 4.78 is 17.9. The van der Waals surface area contributed by atoms with Gasteiger partial charge in [0.05, 0.1) is 6.04 Å². The monoisotopic (exact) mass is 282 g/mol. The highest BCUT2D eigenvalue weighted by atomic mass is 19.1. The van der Waals surface area contributed by atoms with E-state index in [1.54, 1.807) is 6.07 Å². The SMILES string of the molecule is CC(C)(C)OC(=O)N[C@@H]1CCN(c2ccc(F)nn2)C1. The highest BCUT2D eigenvalue weighted by Gasteiger charge is 2.27. The number of aromatic nitrogens is 2. The topological polar surface area (TPSA) is 67.3 Å². The molecular weight excluding hydrogens is 263 g/mol. The average Bonchev–Trinajstić information content (AvgIpc) is 2.75. The number of rotatable bonds is 2. The molecule has 1 amide bonds. The molecule has 110 valence electrons. The lowest BCUT2D eigenvalue weighted by molar-refractivity contribution is 0.0509. The minimum absolute atomic E-state index is 0.00305. The summed E-state index contributed by atoms with van der Waals surface area (Å²) in [5.41, 5.74) is -0.509. The molecule has 2 heterocycles. The molecule has 1 atom stereocenters. The van der Waals surface area contributed by atoms with Crippen molar-refractivity contribution < 1.29 is 13.9 Å². The van der Waals surface area contributed by atoms with E-state index in [1.165, 1.54) is 6.07 Å². The van der Waals surface area contributed by atoms with E-state index >= 15 is 0 Å². The molecule has 1 aromatic rings. The van der Waals surface area contributed by atoms with Crippen molar-refractivity contribution in [1.82, 2.24) is 15.5 Å². The zero-order chi connectivity index (χ0) is 14.8. The van der Waals surface area contributed by atoms with E-state index in [-0.39, 0.29) is 6.04 Å². The van der Waals surface area contributed by atoms with Crippen molar-refractivity contribution in [3.63, 3.8) is 0 Å². The summed E-state index contributed by atoms with van der Waals surface area (Å²) in [6, 6.07) is 2.85. The van der Waals surface area contributed by atoms with Crippen LogP contribution in [-0.2, 0) is 4.74 Å². The van der Waals surface area contributed by atoms with Gasteiger partial charge in [-0.05, 0) is 39.3 Å². The average molecular weight is 282 g/mol. The summed E-state index contributed by atoms with van der Waals surface area (Å²) in [5.74, 6) is 0.0104. The van der Waals surface area contributed by atoms with Gasteiger partial charge in [-0.15, -0.1) is 10.2 Å². The number of halogens is 1. The first kappa shape index (κ1) is 14.5. The normalized spacial score (nSPS) is 19.0. The predicted molar refractivity (Wildman–Crippen MR) is 72.0 cm³/mol. The lowest BCUT2D eigenvalue weighted by Crippen LogP contribution is -2.40. The Hall–Kier alpha value is -1.92. The fourth-order valence-electron chi connectivity index (χ4n) is 2.04. The fourth-order valence-corrected chi connectivity index (χ4v) is 2.04. The number of ether oxygens (including phenoxy) is 1. The van der Waals surface area contributed by atoms with Crippen molar-refractivity contribution in [2.75, 3.05) is 18.0 Å². The van der Waals surface area contributed by atoms with E-state index in [2.05, 4.69) is 15.5 Å². The Labute approximate surface area is 117 Å². The molecule has 0 radical (unpaired) electrons. The smallest absolute Gasteiger partial charge is 0.407 e. The van der Waals surface area contributed by atoms with Gasteiger partial charge in [0.15, 0.2) is 5.82 Å². The number of nitrogens with zero attached hydrogens (tertiary/aromatic N) is 3. The van der Waals surface area contributed by atoms with Crippen LogP contribution < -0.4 is 10.2 Å². The number of carbonyl (C=O) groups is 1. The molecule has 0 bridgehead atoms. The van der Waals surface area contributed by atoms with Crippen LogP contribution in [-0.4, -0.2) is 41.0 Å². The van der Waals surface area contributed by atoms with Gasteiger partial charge in [0.1, 0.15) is 5.60 Å². The molecule has 1 aromatic heterocycles. The van der Waals surface area contributed by atoms with Gasteiger partial charge in [-0.25, -0.2) is 4.79 Å². The van der Waals surface area contributed by atoms with Crippen LogP contribution in [0.15, 0.2) is 12.1 Å². The Bertz CT molecular complexity index is 472. The van der Waals surface area contributed by atoms with Crippen LogP contribution in [0.5, 0.6) is 0 Å². The van der Waals surface area contributed by atoms with Crippen molar-refractivity contribution in [1.29, 1.82) is 0 Å². The van der Waals surface area contributed by atoms with E-state index in [0.29, 0.717) is 12.4 Å². The summed E-state index contributed by atoms with van der Waals surface area (Å²) in [6.45, 7) is 6.81. The Kier molecular flexibility index (Phi) is 4.06. The first-order chi connectivity index (χ1) is 9.33. The third kappa shape index (κ3) is 4.04. The van der Waals surface area contributed by atoms with Crippen LogP contribution in [0.25, 0.3) is 0 Å². The van der Waals surface area contributed by atoms with Gasteiger partial charge >= 0.3 is 6.09 Å². The zero-order valence-electron chi connectivity index (χ0n) is 11.9. The van der Waals surface area contributed by atoms with Gasteiger partial charge in [0, 0.05) is 13.1 Å². The molecular formula is C13H19FN4O2. The number of alkyl carbamates (subject to hydrolysis) is 1. The lowest BCUT2D eigenvalue weighted by atomic mass is 10.2. The number of hydrogen-bond acceptors (Lipinski definition) is 5. The van der Waals surface area contributed by atoms with Gasteiger partial charge in [-0.1, -0.05) is 0 Å². The van der Waals surface area contributed by atoms with Crippen LogP contribution in [0.1, 0.15) is 27.2 Å². The highest BCUT2D eigenvalue weighted by Crippen LogP contribution is 2.17. The maximum atomic E-state index is 12.7. The van der Waals surface area contributed by atoms with Crippen LogP contribution in [0, 0.1) is 5.95 Å². The Morgan fingerprint density at radius 1 is 1.45 bits per heavy atom. The Balaban J connectivity index is 1.86. The van der Waals surface area contributed by atoms with Crippen molar-refractivity contribution in [2.24, 2.45) is 0 Å². The molecule has 0 spiro atoms. The molecule has 2 rings (SSSR count). The largest absolute Gasteiger partial charge is 0.444 e. The van der Waals surface area contributed by atoms with E-state index in [9.17, 15) is 9.18 Å². The first-order valence-electron chi connectivity index (χ1n) is 6.57. The van der Waals surface area contributed by atoms with Gasteiger partial charge in [0.2, 0.25) is 5.95 Å². The molecule has 1 N–H and O–H groups in total.